The summed E-state index contributed by atoms with van der Waals surface area (Å²) in [5, 5.41) is 12.4. The Hall–Kier alpha value is -1.27. The van der Waals surface area contributed by atoms with E-state index in [1.54, 1.807) is 6.92 Å². The summed E-state index contributed by atoms with van der Waals surface area (Å²) < 4.78 is 0. The van der Waals surface area contributed by atoms with Crippen LogP contribution in [0.2, 0.25) is 0 Å². The zero-order valence-electron chi connectivity index (χ0n) is 9.82. The SMILES string of the molecule is CSCC(C)(O)CNC(=O)c1cccc(=O)[nH]1. The van der Waals surface area contributed by atoms with E-state index >= 15 is 0 Å². The number of aromatic nitrogens is 1. The maximum absolute atomic E-state index is 11.6. The molecule has 1 unspecified atom stereocenters. The van der Waals surface area contributed by atoms with Crippen molar-refractivity contribution in [2.45, 2.75) is 12.5 Å². The molecule has 1 aromatic heterocycles. The standard InChI is InChI=1S/C11H16N2O3S/c1-11(16,7-17-2)6-12-10(15)8-4-3-5-9(14)13-8/h3-5,16H,6-7H2,1-2H3,(H,12,15)(H,13,14). The molecular formula is C11H16N2O3S. The van der Waals surface area contributed by atoms with Crippen molar-refractivity contribution in [1.82, 2.24) is 10.3 Å². The van der Waals surface area contributed by atoms with Gasteiger partial charge < -0.3 is 15.4 Å². The lowest BCUT2D eigenvalue weighted by atomic mass is 10.1. The van der Waals surface area contributed by atoms with Crippen molar-refractivity contribution in [1.29, 1.82) is 0 Å². The van der Waals surface area contributed by atoms with Gasteiger partial charge in [-0.2, -0.15) is 11.8 Å². The molecule has 0 bridgehead atoms. The average molecular weight is 256 g/mol. The Morgan fingerprint density at radius 1 is 1.59 bits per heavy atom. The van der Waals surface area contributed by atoms with Gasteiger partial charge in [0.2, 0.25) is 5.56 Å². The Kier molecular flexibility index (Phi) is 4.77. The van der Waals surface area contributed by atoms with E-state index in [2.05, 4.69) is 10.3 Å². The Morgan fingerprint density at radius 2 is 2.29 bits per heavy atom. The van der Waals surface area contributed by atoms with Gasteiger partial charge in [0.05, 0.1) is 5.60 Å². The van der Waals surface area contributed by atoms with Crippen molar-refractivity contribution in [3.8, 4) is 0 Å². The van der Waals surface area contributed by atoms with Crippen molar-refractivity contribution in [3.63, 3.8) is 0 Å². The van der Waals surface area contributed by atoms with Crippen molar-refractivity contribution in [3.05, 3.63) is 34.2 Å². The van der Waals surface area contributed by atoms with Crippen LogP contribution < -0.4 is 10.9 Å². The number of carbonyl (C=O) groups excluding carboxylic acids is 1. The average Bonchev–Trinajstić information content (AvgIpc) is 2.26. The van der Waals surface area contributed by atoms with E-state index in [1.807, 2.05) is 6.26 Å². The van der Waals surface area contributed by atoms with Crippen LogP contribution in [0, 0.1) is 0 Å². The zero-order valence-corrected chi connectivity index (χ0v) is 10.6. The van der Waals surface area contributed by atoms with E-state index in [0.29, 0.717) is 5.75 Å². The van der Waals surface area contributed by atoms with Gasteiger partial charge in [0.25, 0.3) is 5.91 Å². The molecule has 17 heavy (non-hydrogen) atoms. The molecule has 0 saturated carbocycles. The van der Waals surface area contributed by atoms with E-state index in [9.17, 15) is 14.7 Å². The van der Waals surface area contributed by atoms with Crippen LogP contribution in [0.5, 0.6) is 0 Å². The first kappa shape index (κ1) is 13.8. The van der Waals surface area contributed by atoms with E-state index in [0.717, 1.165) is 0 Å². The summed E-state index contributed by atoms with van der Waals surface area (Å²) in [7, 11) is 0. The number of aromatic amines is 1. The Bertz CT molecular complexity index is 442. The fraction of sp³-hybridized carbons (Fsp3) is 0.455. The monoisotopic (exact) mass is 256 g/mol. The largest absolute Gasteiger partial charge is 0.387 e. The molecule has 0 fully saturated rings. The van der Waals surface area contributed by atoms with E-state index < -0.39 is 11.5 Å². The first-order valence-electron chi connectivity index (χ1n) is 5.13. The second-order valence-corrected chi connectivity index (χ2v) is 4.91. The minimum atomic E-state index is -0.954. The predicted molar refractivity (Wildman–Crippen MR) is 68.4 cm³/mol. The van der Waals surface area contributed by atoms with Gasteiger partial charge >= 0.3 is 0 Å². The van der Waals surface area contributed by atoms with Gasteiger partial charge in [0.15, 0.2) is 0 Å². The van der Waals surface area contributed by atoms with Crippen LogP contribution in [0.1, 0.15) is 17.4 Å². The first-order valence-corrected chi connectivity index (χ1v) is 6.53. The van der Waals surface area contributed by atoms with E-state index in [4.69, 9.17) is 0 Å². The maximum atomic E-state index is 11.6. The molecule has 0 spiro atoms. The second-order valence-electron chi connectivity index (χ2n) is 4.04. The van der Waals surface area contributed by atoms with Gasteiger partial charge in [0, 0.05) is 18.4 Å². The summed E-state index contributed by atoms with van der Waals surface area (Å²) in [6.07, 6.45) is 1.88. The van der Waals surface area contributed by atoms with Crippen LogP contribution in [-0.4, -0.2) is 40.2 Å². The molecule has 6 heteroatoms. The molecular weight excluding hydrogens is 240 g/mol. The van der Waals surface area contributed by atoms with Crippen molar-refractivity contribution in [2.24, 2.45) is 0 Å². The smallest absolute Gasteiger partial charge is 0.267 e. The summed E-state index contributed by atoms with van der Waals surface area (Å²) in [5.74, 6) is 0.127. The molecule has 94 valence electrons. The lowest BCUT2D eigenvalue weighted by Gasteiger charge is -2.22. The Balaban J connectivity index is 2.59. The normalized spacial score (nSPS) is 14.1. The number of nitrogens with one attached hydrogen (secondary N) is 2. The number of pyridine rings is 1. The van der Waals surface area contributed by atoms with E-state index in [1.165, 1.54) is 30.0 Å². The van der Waals surface area contributed by atoms with Gasteiger partial charge in [-0.3, -0.25) is 9.59 Å². The van der Waals surface area contributed by atoms with Crippen LogP contribution in [0.15, 0.2) is 23.0 Å². The lowest BCUT2D eigenvalue weighted by Crippen LogP contribution is -2.42. The molecule has 3 N–H and O–H groups in total. The fourth-order valence-corrected chi connectivity index (χ4v) is 2.03. The highest BCUT2D eigenvalue weighted by Crippen LogP contribution is 2.09. The topological polar surface area (TPSA) is 82.2 Å². The number of hydrogen-bond acceptors (Lipinski definition) is 4. The molecule has 0 saturated heterocycles. The van der Waals surface area contributed by atoms with Crippen LogP contribution in [-0.2, 0) is 0 Å². The number of amides is 1. The Labute approximate surface area is 104 Å². The van der Waals surface area contributed by atoms with Crippen molar-refractivity contribution < 1.29 is 9.90 Å². The second kappa shape index (κ2) is 5.88. The fourth-order valence-electron chi connectivity index (χ4n) is 1.31. The minimum absolute atomic E-state index is 0.142. The van der Waals surface area contributed by atoms with E-state index in [-0.39, 0.29) is 17.8 Å². The Morgan fingerprint density at radius 3 is 2.88 bits per heavy atom. The van der Waals surface area contributed by atoms with Crippen molar-refractivity contribution in [2.75, 3.05) is 18.6 Å². The number of H-pyrrole nitrogens is 1. The van der Waals surface area contributed by atoms with Crippen LogP contribution in [0.25, 0.3) is 0 Å². The summed E-state index contributed by atoms with van der Waals surface area (Å²) in [5.41, 5.74) is -1.09. The zero-order chi connectivity index (χ0) is 12.9. The molecule has 1 atom stereocenters. The highest BCUT2D eigenvalue weighted by molar-refractivity contribution is 7.98. The maximum Gasteiger partial charge on any atom is 0.267 e. The van der Waals surface area contributed by atoms with Crippen LogP contribution in [0.4, 0.5) is 0 Å². The third-order valence-corrected chi connectivity index (χ3v) is 3.01. The highest BCUT2D eigenvalue weighted by Gasteiger charge is 2.20. The molecule has 1 heterocycles. The first-order chi connectivity index (χ1) is 7.94. The van der Waals surface area contributed by atoms with Gasteiger partial charge in [-0.25, -0.2) is 0 Å². The molecule has 1 aromatic rings. The summed E-state index contributed by atoms with van der Waals surface area (Å²) >= 11 is 1.50. The molecule has 0 radical (unpaired) electrons. The number of thioether (sulfide) groups is 1. The third kappa shape index (κ3) is 4.62. The third-order valence-electron chi connectivity index (χ3n) is 2.10. The molecule has 0 aliphatic rings. The molecule has 1 amide bonds. The lowest BCUT2D eigenvalue weighted by molar-refractivity contribution is 0.0722. The summed E-state index contributed by atoms with van der Waals surface area (Å²) in [6, 6.07) is 4.36. The van der Waals surface area contributed by atoms with Gasteiger partial charge in [-0.1, -0.05) is 6.07 Å². The predicted octanol–water partition coefficient (Wildman–Crippen LogP) is 0.219. The van der Waals surface area contributed by atoms with Gasteiger partial charge in [-0.15, -0.1) is 0 Å². The molecule has 0 aliphatic carbocycles. The quantitative estimate of drug-likeness (QED) is 0.704. The van der Waals surface area contributed by atoms with Crippen molar-refractivity contribution >= 4 is 17.7 Å². The molecule has 0 aromatic carbocycles. The molecule has 1 rings (SSSR count). The minimum Gasteiger partial charge on any atom is -0.387 e. The summed E-state index contributed by atoms with van der Waals surface area (Å²) in [4.78, 5) is 25.1. The van der Waals surface area contributed by atoms with Gasteiger partial charge in [0.1, 0.15) is 5.69 Å². The molecule has 5 nitrogen and oxygen atoms in total. The summed E-state index contributed by atoms with van der Waals surface area (Å²) in [6.45, 7) is 1.79. The molecule has 0 aliphatic heterocycles. The number of rotatable bonds is 5. The van der Waals surface area contributed by atoms with Crippen LogP contribution in [0.3, 0.4) is 0 Å². The number of hydrogen-bond donors (Lipinski definition) is 3. The highest BCUT2D eigenvalue weighted by atomic mass is 32.2. The van der Waals surface area contributed by atoms with Crippen LogP contribution >= 0.6 is 11.8 Å². The number of carbonyl (C=O) groups is 1. The van der Waals surface area contributed by atoms with Gasteiger partial charge in [-0.05, 0) is 19.2 Å². The number of aliphatic hydroxyl groups is 1.